The molecule has 6 N–H and O–H groups in total. The third kappa shape index (κ3) is 10.8. The van der Waals surface area contributed by atoms with Crippen molar-refractivity contribution >= 4 is 75.7 Å². The van der Waals surface area contributed by atoms with Crippen LogP contribution in [0.3, 0.4) is 0 Å². The average Bonchev–Trinajstić information content (AvgIpc) is 3.90. The number of nitrogen functional groups attached to an aromatic ring is 1. The van der Waals surface area contributed by atoms with E-state index in [-0.39, 0.29) is 80.2 Å². The van der Waals surface area contributed by atoms with Gasteiger partial charge >= 0.3 is 12.2 Å². The highest BCUT2D eigenvalue weighted by Crippen LogP contribution is 2.39. The molecule has 4 aliphatic rings. The van der Waals surface area contributed by atoms with Crippen LogP contribution in [0.4, 0.5) is 35.4 Å². The molecule has 3 aliphatic heterocycles. The van der Waals surface area contributed by atoms with E-state index in [2.05, 4.69) is 41.2 Å². The second-order valence-electron chi connectivity index (χ2n) is 17.9. The zero-order valence-corrected chi connectivity index (χ0v) is 38.8. The molecule has 7 amide bonds. The highest BCUT2D eigenvalue weighted by molar-refractivity contribution is 6.08. The number of carbonyl (C=O) groups is 6. The number of nitrogens with two attached hydrogens (primary N) is 1. The number of rotatable bonds is 11. The van der Waals surface area contributed by atoms with Gasteiger partial charge in [-0.1, -0.05) is 24.3 Å². The quantitative estimate of drug-likeness (QED) is 0.0855. The summed E-state index contributed by atoms with van der Waals surface area (Å²) in [5, 5.41) is 15.9. The molecule has 7 heterocycles. The number of nitrogens with one attached hydrogen (secondary N) is 4. The SMILES string of the molecule is Nc1ncc2c3c1c(-c1ccc(C(=O)Nc4cc(C(F)(F)F)ccn4)cc1)nn3[C@@H]1CCCC(=NC(=O)CN(C(=O)CCOCCNC(=O)c3ccc(N4CCC5(CC4)NC(=O)NC5=O)nc3)CC/C=C/2)C1. The first-order valence-corrected chi connectivity index (χ1v) is 23.5. The lowest BCUT2D eigenvalue weighted by Gasteiger charge is -2.37. The summed E-state index contributed by atoms with van der Waals surface area (Å²) in [7, 11) is 0. The maximum atomic E-state index is 13.5. The number of alkyl halides is 3. The minimum atomic E-state index is -4.60. The summed E-state index contributed by atoms with van der Waals surface area (Å²) in [6, 6.07) is 10.7. The highest BCUT2D eigenvalue weighted by Gasteiger charge is 2.48. The molecule has 2 bridgehead atoms. The van der Waals surface area contributed by atoms with Crippen LogP contribution in [0.2, 0.25) is 0 Å². The molecule has 0 radical (unpaired) electrons. The van der Waals surface area contributed by atoms with Crippen LogP contribution in [0.25, 0.3) is 28.2 Å². The lowest BCUT2D eigenvalue weighted by Crippen LogP contribution is -2.55. The third-order valence-electron chi connectivity index (χ3n) is 13.1. The molecule has 20 nitrogen and oxygen atoms in total. The summed E-state index contributed by atoms with van der Waals surface area (Å²) in [6.45, 7) is 1.37. The molecule has 1 atom stereocenters. The molecule has 1 aliphatic carbocycles. The van der Waals surface area contributed by atoms with Gasteiger partial charge in [-0.05, 0) is 74.9 Å². The van der Waals surface area contributed by atoms with Crippen LogP contribution in [0.15, 0.2) is 78.2 Å². The topological polar surface area (TPSA) is 261 Å². The first kappa shape index (κ1) is 48.9. The zero-order valence-electron chi connectivity index (χ0n) is 38.8. The van der Waals surface area contributed by atoms with Gasteiger partial charge in [0.05, 0.1) is 47.7 Å². The fourth-order valence-corrected chi connectivity index (χ4v) is 9.35. The number of pyridine rings is 3. The minimum absolute atomic E-state index is 0.00716. The van der Waals surface area contributed by atoms with Crippen molar-refractivity contribution in [2.24, 2.45) is 4.99 Å². The van der Waals surface area contributed by atoms with Gasteiger partial charge in [0.15, 0.2) is 0 Å². The maximum Gasteiger partial charge on any atom is 0.416 e. The van der Waals surface area contributed by atoms with Crippen molar-refractivity contribution in [3.63, 3.8) is 0 Å². The van der Waals surface area contributed by atoms with Crippen LogP contribution in [0.1, 0.15) is 89.3 Å². The Kier molecular flexibility index (Phi) is 14.1. The lowest BCUT2D eigenvalue weighted by atomic mass is 9.88. The third-order valence-corrected chi connectivity index (χ3v) is 13.1. The maximum absolute atomic E-state index is 13.5. The van der Waals surface area contributed by atoms with Gasteiger partial charge in [0.25, 0.3) is 23.6 Å². The predicted octanol–water partition coefficient (Wildman–Crippen LogP) is 5.08. The monoisotopic (exact) mass is 989 g/mol. The van der Waals surface area contributed by atoms with Gasteiger partial charge in [-0.25, -0.2) is 24.7 Å². The summed E-state index contributed by atoms with van der Waals surface area (Å²) >= 11 is 0. The Bertz CT molecular complexity index is 2990. The number of anilines is 3. The van der Waals surface area contributed by atoms with Crippen molar-refractivity contribution in [1.29, 1.82) is 0 Å². The Morgan fingerprint density at radius 2 is 1.72 bits per heavy atom. The van der Waals surface area contributed by atoms with Crippen molar-refractivity contribution in [3.8, 4) is 11.3 Å². The van der Waals surface area contributed by atoms with E-state index in [0.717, 1.165) is 36.7 Å². The van der Waals surface area contributed by atoms with Crippen LogP contribution in [0, 0.1) is 0 Å². The molecule has 9 rings (SSSR count). The van der Waals surface area contributed by atoms with Crippen molar-refractivity contribution in [2.75, 3.05) is 61.9 Å². The van der Waals surface area contributed by atoms with Gasteiger partial charge in [-0.3, -0.25) is 34.0 Å². The van der Waals surface area contributed by atoms with Crippen molar-refractivity contribution in [1.82, 2.24) is 45.6 Å². The summed E-state index contributed by atoms with van der Waals surface area (Å²) in [5.74, 6) is -1.45. The molecule has 5 aromatic rings. The van der Waals surface area contributed by atoms with Gasteiger partial charge in [0, 0.05) is 73.6 Å². The van der Waals surface area contributed by atoms with Crippen LogP contribution < -0.4 is 31.9 Å². The van der Waals surface area contributed by atoms with Gasteiger partial charge in [0.2, 0.25) is 5.91 Å². The Hall–Kier alpha value is -8.08. The highest BCUT2D eigenvalue weighted by atomic mass is 19.4. The summed E-state index contributed by atoms with van der Waals surface area (Å²) in [4.78, 5) is 97.6. The predicted molar refractivity (Wildman–Crippen MR) is 258 cm³/mol. The number of ether oxygens (including phenoxy) is 1. The average molecular weight is 990 g/mol. The van der Waals surface area contributed by atoms with Crippen LogP contribution in [-0.2, 0) is 25.3 Å². The fraction of sp³-hybridized carbons (Fsp3) is 0.367. The Labute approximate surface area is 409 Å². The van der Waals surface area contributed by atoms with E-state index in [1.165, 1.54) is 23.2 Å². The number of carbonyl (C=O) groups excluding carboxylic acids is 6. The molecule has 23 heteroatoms. The van der Waals surface area contributed by atoms with Gasteiger partial charge in [0.1, 0.15) is 35.2 Å². The van der Waals surface area contributed by atoms with E-state index in [4.69, 9.17) is 15.6 Å². The van der Waals surface area contributed by atoms with E-state index < -0.39 is 35.1 Å². The molecule has 4 aromatic heterocycles. The number of urea groups is 1. The normalized spacial score (nSPS) is 18.5. The Morgan fingerprint density at radius 1 is 0.931 bits per heavy atom. The number of imide groups is 1. The van der Waals surface area contributed by atoms with Crippen LogP contribution in [-0.4, -0.2) is 122 Å². The van der Waals surface area contributed by atoms with E-state index in [9.17, 15) is 41.9 Å². The molecule has 2 saturated heterocycles. The number of aliphatic imine (C=N–C) groups is 1. The number of halogens is 3. The number of nitrogens with zero attached hydrogens (tertiary/aromatic N) is 8. The van der Waals surface area contributed by atoms with Gasteiger partial charge in [-0.2, -0.15) is 18.3 Å². The molecule has 3 fully saturated rings. The first-order valence-electron chi connectivity index (χ1n) is 23.5. The molecular weight excluding hydrogens is 940 g/mol. The second-order valence-corrected chi connectivity index (χ2v) is 17.9. The lowest BCUT2D eigenvalue weighted by molar-refractivity contribution is -0.137. The van der Waals surface area contributed by atoms with Crippen LogP contribution in [0.5, 0.6) is 0 Å². The summed E-state index contributed by atoms with van der Waals surface area (Å²) in [5.41, 5.74) is 8.46. The van der Waals surface area contributed by atoms with Crippen molar-refractivity contribution in [2.45, 2.75) is 69.1 Å². The number of fused-ring (bicyclic) bond motifs is 3. The van der Waals surface area contributed by atoms with Crippen molar-refractivity contribution < 1.29 is 46.7 Å². The molecule has 0 unspecified atom stereocenters. The number of hydrogen-bond donors (Lipinski definition) is 5. The largest absolute Gasteiger partial charge is 0.416 e. The first-order chi connectivity index (χ1) is 34.6. The smallest absolute Gasteiger partial charge is 0.383 e. The zero-order chi connectivity index (χ0) is 50.6. The van der Waals surface area contributed by atoms with Crippen molar-refractivity contribution in [3.05, 3.63) is 95.5 Å². The molecule has 374 valence electrons. The van der Waals surface area contributed by atoms with Crippen LogP contribution >= 0.6 is 0 Å². The number of benzene rings is 1. The second kappa shape index (κ2) is 20.7. The Balaban J connectivity index is 0.808. The van der Waals surface area contributed by atoms with E-state index in [1.807, 2.05) is 21.7 Å². The minimum Gasteiger partial charge on any atom is -0.383 e. The van der Waals surface area contributed by atoms with E-state index >= 15 is 0 Å². The van der Waals surface area contributed by atoms with E-state index in [0.29, 0.717) is 84.4 Å². The fourth-order valence-electron chi connectivity index (χ4n) is 9.35. The summed E-state index contributed by atoms with van der Waals surface area (Å²) < 4.78 is 47.4. The van der Waals surface area contributed by atoms with Gasteiger partial charge in [-0.15, -0.1) is 0 Å². The van der Waals surface area contributed by atoms with E-state index in [1.54, 1.807) is 30.5 Å². The molecular formula is C49H50F3N13O7. The Morgan fingerprint density at radius 3 is 2.46 bits per heavy atom. The molecule has 72 heavy (non-hydrogen) atoms. The standard InChI is InChI=1S/C49H50F3N13O7/c50-49(51,52)33-13-17-54-36(24-33)59-45(69)30-9-7-29(8-10-30)41-40-42-31(26-57-43(40)53)4-1-2-19-64(28-38(66)58-34-5-3-6-35(25-34)65(42)62-41)39(67)14-22-72-23-18-55-44(68)32-11-12-37(56-27-32)63-20-15-48(16-21-63)46(70)60-47(71)61-48/h1,4,7-13,17,24,26-27,35H,2-3,5-6,14-16,18-23,25,28H2,(H2,53,57)(H,55,68)(H,54,59,69)(H2,60,61,70,71)/b4-1+,58-34?/t35-/m1/s1. The summed E-state index contributed by atoms with van der Waals surface area (Å²) in [6.07, 6.45) is 6.95. The molecule has 1 saturated carbocycles. The molecule has 1 aromatic carbocycles. The van der Waals surface area contributed by atoms with Gasteiger partial charge < -0.3 is 36.2 Å². The number of hydrogen-bond acceptors (Lipinski definition) is 13. The number of aromatic nitrogens is 5. The molecule has 1 spiro atoms. The number of piperidine rings is 1. The number of amides is 7.